The first-order valence-corrected chi connectivity index (χ1v) is 7.08. The molecule has 0 radical (unpaired) electrons. The molecule has 19 heavy (non-hydrogen) atoms. The van der Waals surface area contributed by atoms with Gasteiger partial charge in [-0.3, -0.25) is 9.69 Å². The van der Waals surface area contributed by atoms with E-state index in [-0.39, 0.29) is 11.9 Å². The average molecular weight is 262 g/mol. The monoisotopic (exact) mass is 262 g/mol. The van der Waals surface area contributed by atoms with Crippen molar-refractivity contribution in [3.63, 3.8) is 0 Å². The van der Waals surface area contributed by atoms with Crippen molar-refractivity contribution < 1.29 is 4.79 Å². The van der Waals surface area contributed by atoms with Crippen LogP contribution in [-0.4, -0.2) is 29.9 Å². The largest absolute Gasteiger partial charge is 0.352 e. The zero-order chi connectivity index (χ0) is 14.3. The lowest BCUT2D eigenvalue weighted by molar-refractivity contribution is -0.123. The van der Waals surface area contributed by atoms with Gasteiger partial charge in [-0.05, 0) is 24.9 Å². The molecule has 0 aliphatic rings. The van der Waals surface area contributed by atoms with Crippen molar-refractivity contribution in [1.82, 2.24) is 10.2 Å². The molecule has 1 N–H and O–H groups in total. The fraction of sp³-hybridized carbons (Fsp3) is 0.562. The van der Waals surface area contributed by atoms with Crippen molar-refractivity contribution in [1.29, 1.82) is 0 Å². The highest BCUT2D eigenvalue weighted by atomic mass is 16.2. The smallest absolute Gasteiger partial charge is 0.234 e. The van der Waals surface area contributed by atoms with Crippen LogP contribution in [0.15, 0.2) is 30.3 Å². The van der Waals surface area contributed by atoms with Crippen molar-refractivity contribution in [2.24, 2.45) is 5.92 Å². The lowest BCUT2D eigenvalue weighted by atomic mass is 10.1. The van der Waals surface area contributed by atoms with Crippen LogP contribution < -0.4 is 5.32 Å². The van der Waals surface area contributed by atoms with Crippen LogP contribution in [0.25, 0.3) is 0 Å². The predicted octanol–water partition coefficient (Wildman–Crippen LogP) is 2.67. The summed E-state index contributed by atoms with van der Waals surface area (Å²) >= 11 is 0. The van der Waals surface area contributed by atoms with Crippen LogP contribution in [0.1, 0.15) is 33.3 Å². The molecule has 1 unspecified atom stereocenters. The number of likely N-dealkylation sites (N-methyl/N-ethyl adjacent to an activating group) is 1. The molecular weight excluding hydrogens is 236 g/mol. The van der Waals surface area contributed by atoms with Crippen LogP contribution in [0.3, 0.4) is 0 Å². The molecule has 0 aliphatic heterocycles. The first kappa shape index (κ1) is 15.7. The number of rotatable bonds is 7. The van der Waals surface area contributed by atoms with E-state index < -0.39 is 0 Å². The molecule has 1 aromatic carbocycles. The highest BCUT2D eigenvalue weighted by Crippen LogP contribution is 2.04. The normalized spacial score (nSPS) is 12.7. The van der Waals surface area contributed by atoms with Crippen molar-refractivity contribution >= 4 is 5.91 Å². The molecule has 0 aliphatic carbocycles. The third kappa shape index (κ3) is 5.88. The van der Waals surface area contributed by atoms with Crippen molar-refractivity contribution in [2.75, 3.05) is 13.1 Å². The van der Waals surface area contributed by atoms with Crippen LogP contribution >= 0.6 is 0 Å². The Morgan fingerprint density at radius 3 is 2.37 bits per heavy atom. The predicted molar refractivity (Wildman–Crippen MR) is 79.8 cm³/mol. The second kappa shape index (κ2) is 7.95. The molecule has 0 fully saturated rings. The van der Waals surface area contributed by atoms with Gasteiger partial charge in [0.05, 0.1) is 6.54 Å². The van der Waals surface area contributed by atoms with Crippen LogP contribution in [0.4, 0.5) is 0 Å². The molecule has 0 bridgehead atoms. The Labute approximate surface area is 117 Å². The molecule has 0 heterocycles. The highest BCUT2D eigenvalue weighted by molar-refractivity contribution is 5.78. The van der Waals surface area contributed by atoms with Gasteiger partial charge in [0.15, 0.2) is 0 Å². The highest BCUT2D eigenvalue weighted by Gasteiger charge is 2.13. The Bertz CT molecular complexity index is 376. The minimum absolute atomic E-state index is 0.110. The Hall–Kier alpha value is -1.35. The molecule has 0 saturated carbocycles. The van der Waals surface area contributed by atoms with E-state index in [4.69, 9.17) is 0 Å². The SMILES string of the molecule is CCN(CC(=O)NC(C)C(C)C)Cc1ccccc1. The van der Waals surface area contributed by atoms with Gasteiger partial charge in [-0.1, -0.05) is 51.1 Å². The second-order valence-electron chi connectivity index (χ2n) is 5.39. The molecule has 3 nitrogen and oxygen atoms in total. The van der Waals surface area contributed by atoms with Crippen LogP contribution in [0.5, 0.6) is 0 Å². The Morgan fingerprint density at radius 2 is 1.84 bits per heavy atom. The van der Waals surface area contributed by atoms with Gasteiger partial charge in [-0.15, -0.1) is 0 Å². The summed E-state index contributed by atoms with van der Waals surface area (Å²) in [7, 11) is 0. The number of hydrogen-bond donors (Lipinski definition) is 1. The van der Waals surface area contributed by atoms with Gasteiger partial charge in [0, 0.05) is 12.6 Å². The number of nitrogens with one attached hydrogen (secondary N) is 1. The zero-order valence-corrected chi connectivity index (χ0v) is 12.5. The average Bonchev–Trinajstić information content (AvgIpc) is 2.38. The molecule has 0 aromatic heterocycles. The van der Waals surface area contributed by atoms with E-state index in [1.54, 1.807) is 0 Å². The maximum Gasteiger partial charge on any atom is 0.234 e. The number of nitrogens with zero attached hydrogens (tertiary/aromatic N) is 1. The fourth-order valence-electron chi connectivity index (χ4n) is 1.79. The molecule has 3 heteroatoms. The molecule has 1 rings (SSSR count). The minimum atomic E-state index is 0.110. The lowest BCUT2D eigenvalue weighted by Gasteiger charge is -2.23. The first-order valence-electron chi connectivity index (χ1n) is 7.08. The molecule has 1 atom stereocenters. The summed E-state index contributed by atoms with van der Waals surface area (Å²) in [5, 5.41) is 3.05. The standard InChI is InChI=1S/C16H26N2O/c1-5-18(11-15-9-7-6-8-10-15)12-16(19)17-14(4)13(2)3/h6-10,13-14H,5,11-12H2,1-4H3,(H,17,19). The molecule has 0 saturated heterocycles. The molecule has 106 valence electrons. The van der Waals surface area contributed by atoms with E-state index in [0.29, 0.717) is 12.5 Å². The fourth-order valence-corrected chi connectivity index (χ4v) is 1.79. The summed E-state index contributed by atoms with van der Waals surface area (Å²) in [6, 6.07) is 10.5. The zero-order valence-electron chi connectivity index (χ0n) is 12.5. The second-order valence-corrected chi connectivity index (χ2v) is 5.39. The van der Waals surface area contributed by atoms with Crippen molar-refractivity contribution in [2.45, 2.75) is 40.3 Å². The van der Waals surface area contributed by atoms with Crippen LogP contribution in [-0.2, 0) is 11.3 Å². The van der Waals surface area contributed by atoms with Gasteiger partial charge in [0.25, 0.3) is 0 Å². The summed E-state index contributed by atoms with van der Waals surface area (Å²) in [5.74, 6) is 0.576. The van der Waals surface area contributed by atoms with E-state index in [1.165, 1.54) is 5.56 Å². The number of amides is 1. The van der Waals surface area contributed by atoms with E-state index in [1.807, 2.05) is 18.2 Å². The Kier molecular flexibility index (Phi) is 6.57. The van der Waals surface area contributed by atoms with Gasteiger partial charge in [0.1, 0.15) is 0 Å². The van der Waals surface area contributed by atoms with Crippen LogP contribution in [0, 0.1) is 5.92 Å². The van der Waals surface area contributed by atoms with Crippen LogP contribution in [0.2, 0.25) is 0 Å². The quantitative estimate of drug-likeness (QED) is 0.819. The maximum absolute atomic E-state index is 12.0. The summed E-state index contributed by atoms with van der Waals surface area (Å²) in [4.78, 5) is 14.1. The number of benzene rings is 1. The topological polar surface area (TPSA) is 32.3 Å². The third-order valence-electron chi connectivity index (χ3n) is 3.45. The molecular formula is C16H26N2O. The molecule has 1 amide bonds. The molecule has 1 aromatic rings. The summed E-state index contributed by atoms with van der Waals surface area (Å²) in [6.07, 6.45) is 0. The van der Waals surface area contributed by atoms with Crippen molar-refractivity contribution in [3.05, 3.63) is 35.9 Å². The summed E-state index contributed by atoms with van der Waals surface area (Å²) in [5.41, 5.74) is 1.24. The minimum Gasteiger partial charge on any atom is -0.352 e. The van der Waals surface area contributed by atoms with Crippen molar-refractivity contribution in [3.8, 4) is 0 Å². The number of hydrogen-bond acceptors (Lipinski definition) is 2. The van der Waals surface area contributed by atoms with Gasteiger partial charge >= 0.3 is 0 Å². The number of carbonyl (C=O) groups excluding carboxylic acids is 1. The van der Waals surface area contributed by atoms with E-state index in [9.17, 15) is 4.79 Å². The maximum atomic E-state index is 12.0. The van der Waals surface area contributed by atoms with Gasteiger partial charge in [-0.2, -0.15) is 0 Å². The van der Waals surface area contributed by atoms with Gasteiger partial charge < -0.3 is 5.32 Å². The third-order valence-corrected chi connectivity index (χ3v) is 3.45. The number of carbonyl (C=O) groups is 1. The Balaban J connectivity index is 2.46. The molecule has 0 spiro atoms. The first-order chi connectivity index (χ1) is 9.02. The summed E-state index contributed by atoms with van der Waals surface area (Å²) < 4.78 is 0. The van der Waals surface area contributed by atoms with Gasteiger partial charge in [-0.25, -0.2) is 0 Å². The lowest BCUT2D eigenvalue weighted by Crippen LogP contribution is -2.42. The van der Waals surface area contributed by atoms with E-state index >= 15 is 0 Å². The van der Waals surface area contributed by atoms with E-state index in [2.05, 4.69) is 50.0 Å². The van der Waals surface area contributed by atoms with E-state index in [0.717, 1.165) is 13.1 Å². The summed E-state index contributed by atoms with van der Waals surface area (Å²) in [6.45, 7) is 10.5. The van der Waals surface area contributed by atoms with Gasteiger partial charge in [0.2, 0.25) is 5.91 Å². The Morgan fingerprint density at radius 1 is 1.21 bits per heavy atom.